The highest BCUT2D eigenvalue weighted by Crippen LogP contribution is 2.47. The van der Waals surface area contributed by atoms with Crippen LogP contribution in [0.2, 0.25) is 0 Å². The van der Waals surface area contributed by atoms with Crippen LogP contribution >= 0.6 is 38.9 Å². The Morgan fingerprint density at radius 3 is 2.33 bits per heavy atom. The molecule has 1 aliphatic rings. The Bertz CT molecular complexity index is 385. The Morgan fingerprint density at radius 1 is 1.28 bits per heavy atom. The number of halogens is 2. The van der Waals surface area contributed by atoms with Crippen molar-refractivity contribution in [3.63, 3.8) is 0 Å². The lowest BCUT2D eigenvalue weighted by molar-refractivity contribution is 0.148. The van der Waals surface area contributed by atoms with Crippen molar-refractivity contribution in [1.82, 2.24) is 0 Å². The van der Waals surface area contributed by atoms with Crippen LogP contribution in [0.15, 0.2) is 15.9 Å². The second-order valence-corrected chi connectivity index (χ2v) is 8.78. The molecule has 102 valence electrons. The maximum Gasteiger partial charge on any atom is 0.0718 e. The molecule has 0 aliphatic heterocycles. The summed E-state index contributed by atoms with van der Waals surface area (Å²) in [6, 6.07) is 2.11. The van der Waals surface area contributed by atoms with Crippen LogP contribution in [-0.2, 0) is 0 Å². The highest BCUT2D eigenvalue weighted by Gasteiger charge is 2.33. The molecule has 0 radical (unpaired) electrons. The van der Waals surface area contributed by atoms with Gasteiger partial charge in [-0.1, -0.05) is 20.8 Å². The predicted molar refractivity (Wildman–Crippen MR) is 85.5 cm³/mol. The lowest BCUT2D eigenvalue weighted by Gasteiger charge is -2.38. The van der Waals surface area contributed by atoms with Crippen molar-refractivity contribution < 1.29 is 0 Å². The monoisotopic (exact) mass is 348 g/mol. The van der Waals surface area contributed by atoms with Crippen LogP contribution in [0, 0.1) is 17.3 Å². The minimum absolute atomic E-state index is 0.195. The molecule has 1 atom stereocenters. The lowest BCUT2D eigenvalue weighted by Crippen LogP contribution is -2.27. The Balaban J connectivity index is 1.96. The normalized spacial score (nSPS) is 27.2. The number of hydrogen-bond donors (Lipinski definition) is 0. The van der Waals surface area contributed by atoms with Crippen molar-refractivity contribution in [2.24, 2.45) is 17.3 Å². The van der Waals surface area contributed by atoms with Crippen molar-refractivity contribution in [3.05, 3.63) is 20.8 Å². The highest BCUT2D eigenvalue weighted by atomic mass is 79.9. The summed E-state index contributed by atoms with van der Waals surface area (Å²) < 4.78 is 1.19. The lowest BCUT2D eigenvalue weighted by atomic mass is 9.69. The van der Waals surface area contributed by atoms with Gasteiger partial charge in [0.15, 0.2) is 0 Å². The van der Waals surface area contributed by atoms with Gasteiger partial charge in [-0.05, 0) is 70.3 Å². The molecule has 18 heavy (non-hydrogen) atoms. The van der Waals surface area contributed by atoms with Crippen LogP contribution in [0.4, 0.5) is 0 Å². The fourth-order valence-electron chi connectivity index (χ4n) is 2.99. The topological polar surface area (TPSA) is 0 Å². The van der Waals surface area contributed by atoms with Crippen LogP contribution in [0.5, 0.6) is 0 Å². The molecule has 1 aliphatic carbocycles. The number of alkyl halides is 1. The summed E-state index contributed by atoms with van der Waals surface area (Å²) >= 11 is 12.1. The maximum atomic E-state index is 6.67. The standard InChI is InChI=1S/C15H22BrClS/c1-15(2,3)11-6-4-10(5-7-11)13(17)14-12(16)8-9-18-14/h8-11,13H,4-7H2,1-3H3. The zero-order chi connectivity index (χ0) is 13.3. The molecule has 0 bridgehead atoms. The second-order valence-electron chi connectivity index (χ2n) is 6.51. The summed E-state index contributed by atoms with van der Waals surface area (Å²) in [7, 11) is 0. The van der Waals surface area contributed by atoms with E-state index in [1.165, 1.54) is 35.0 Å². The molecule has 1 heterocycles. The summed E-state index contributed by atoms with van der Waals surface area (Å²) in [6.45, 7) is 7.10. The minimum Gasteiger partial charge on any atom is -0.146 e. The average Bonchev–Trinajstić information content (AvgIpc) is 2.73. The van der Waals surface area contributed by atoms with Gasteiger partial charge in [-0.15, -0.1) is 22.9 Å². The third-order valence-electron chi connectivity index (χ3n) is 4.31. The third kappa shape index (κ3) is 3.32. The molecule has 1 unspecified atom stereocenters. The maximum absolute atomic E-state index is 6.67. The molecular formula is C15H22BrClS. The molecule has 0 amide bonds. The molecule has 0 N–H and O–H groups in total. The summed E-state index contributed by atoms with van der Waals surface area (Å²) in [6.07, 6.45) is 5.22. The summed E-state index contributed by atoms with van der Waals surface area (Å²) in [5.74, 6) is 1.52. The van der Waals surface area contributed by atoms with Crippen molar-refractivity contribution >= 4 is 38.9 Å². The molecule has 1 aromatic rings. The molecule has 3 heteroatoms. The predicted octanol–water partition coefficient (Wildman–Crippen LogP) is 6.64. The van der Waals surface area contributed by atoms with E-state index in [9.17, 15) is 0 Å². The summed E-state index contributed by atoms with van der Waals surface area (Å²) in [5, 5.41) is 2.32. The number of hydrogen-bond acceptors (Lipinski definition) is 1. The Morgan fingerprint density at radius 2 is 1.89 bits per heavy atom. The third-order valence-corrected chi connectivity index (χ3v) is 6.96. The van der Waals surface area contributed by atoms with Gasteiger partial charge in [-0.3, -0.25) is 0 Å². The molecule has 0 aromatic carbocycles. The molecule has 1 saturated carbocycles. The van der Waals surface area contributed by atoms with Crippen LogP contribution in [0.1, 0.15) is 56.7 Å². The molecular weight excluding hydrogens is 328 g/mol. The van der Waals surface area contributed by atoms with E-state index in [1.807, 2.05) is 0 Å². The molecule has 0 spiro atoms. The van der Waals surface area contributed by atoms with E-state index >= 15 is 0 Å². The minimum atomic E-state index is 0.195. The Hall–Kier alpha value is 0.470. The van der Waals surface area contributed by atoms with E-state index in [0.717, 1.165) is 5.92 Å². The van der Waals surface area contributed by atoms with Crippen molar-refractivity contribution in [3.8, 4) is 0 Å². The van der Waals surface area contributed by atoms with Gasteiger partial charge in [0, 0.05) is 9.35 Å². The quantitative estimate of drug-likeness (QED) is 0.525. The van der Waals surface area contributed by atoms with Gasteiger partial charge in [-0.25, -0.2) is 0 Å². The largest absolute Gasteiger partial charge is 0.146 e. The fourth-order valence-corrected chi connectivity index (χ4v) is 5.34. The first kappa shape index (κ1) is 14.9. The van der Waals surface area contributed by atoms with Crippen LogP contribution < -0.4 is 0 Å². The van der Waals surface area contributed by atoms with E-state index < -0.39 is 0 Å². The molecule has 1 aromatic heterocycles. The number of thiophene rings is 1. The number of rotatable bonds is 2. The second kappa shape index (κ2) is 5.85. The fraction of sp³-hybridized carbons (Fsp3) is 0.733. The first-order chi connectivity index (χ1) is 8.39. The van der Waals surface area contributed by atoms with E-state index in [1.54, 1.807) is 11.3 Å². The SMILES string of the molecule is CC(C)(C)C1CCC(C(Cl)c2sccc2Br)CC1. The van der Waals surface area contributed by atoms with Crippen LogP contribution in [0.3, 0.4) is 0 Å². The zero-order valence-electron chi connectivity index (χ0n) is 11.4. The average molecular weight is 350 g/mol. The van der Waals surface area contributed by atoms with E-state index in [4.69, 9.17) is 11.6 Å². The Kier molecular flexibility index (Phi) is 4.83. The molecule has 2 rings (SSSR count). The summed E-state index contributed by atoms with van der Waals surface area (Å²) in [4.78, 5) is 1.32. The summed E-state index contributed by atoms with van der Waals surface area (Å²) in [5.41, 5.74) is 0.455. The van der Waals surface area contributed by atoms with Crippen LogP contribution in [0.25, 0.3) is 0 Å². The van der Waals surface area contributed by atoms with Gasteiger partial charge < -0.3 is 0 Å². The van der Waals surface area contributed by atoms with Crippen molar-refractivity contribution in [2.75, 3.05) is 0 Å². The molecule has 0 nitrogen and oxygen atoms in total. The smallest absolute Gasteiger partial charge is 0.0718 e. The van der Waals surface area contributed by atoms with Gasteiger partial charge in [0.25, 0.3) is 0 Å². The molecule has 1 fully saturated rings. The van der Waals surface area contributed by atoms with E-state index in [2.05, 4.69) is 48.1 Å². The van der Waals surface area contributed by atoms with Crippen molar-refractivity contribution in [1.29, 1.82) is 0 Å². The van der Waals surface area contributed by atoms with E-state index in [0.29, 0.717) is 11.3 Å². The van der Waals surface area contributed by atoms with Gasteiger partial charge in [-0.2, -0.15) is 0 Å². The van der Waals surface area contributed by atoms with Crippen LogP contribution in [-0.4, -0.2) is 0 Å². The van der Waals surface area contributed by atoms with Gasteiger partial charge in [0.2, 0.25) is 0 Å². The Labute approximate surface area is 128 Å². The molecule has 0 saturated heterocycles. The zero-order valence-corrected chi connectivity index (χ0v) is 14.5. The highest BCUT2D eigenvalue weighted by molar-refractivity contribution is 9.10. The first-order valence-corrected chi connectivity index (χ1v) is 8.87. The van der Waals surface area contributed by atoms with Gasteiger partial charge in [0.1, 0.15) is 0 Å². The van der Waals surface area contributed by atoms with Gasteiger partial charge in [0.05, 0.1) is 5.38 Å². The first-order valence-electron chi connectivity index (χ1n) is 6.76. The van der Waals surface area contributed by atoms with Crippen molar-refractivity contribution in [2.45, 2.75) is 51.8 Å². The van der Waals surface area contributed by atoms with Gasteiger partial charge >= 0.3 is 0 Å². The van der Waals surface area contributed by atoms with E-state index in [-0.39, 0.29) is 5.38 Å².